The van der Waals surface area contributed by atoms with E-state index in [0.29, 0.717) is 16.0 Å². The summed E-state index contributed by atoms with van der Waals surface area (Å²) in [6.45, 7) is 2.30. The third-order valence-electron chi connectivity index (χ3n) is 2.65. The molecule has 18 heavy (non-hydrogen) atoms. The second-order valence-corrected chi connectivity index (χ2v) is 7.27. The number of halogens is 2. The van der Waals surface area contributed by atoms with Gasteiger partial charge in [-0.3, -0.25) is 0 Å². The van der Waals surface area contributed by atoms with Gasteiger partial charge in [-0.2, -0.15) is 0 Å². The molecule has 1 rings (SSSR count). The lowest BCUT2D eigenvalue weighted by Crippen LogP contribution is -2.38. The van der Waals surface area contributed by atoms with Gasteiger partial charge < -0.3 is 4.90 Å². The molecule has 1 unspecified atom stereocenters. The summed E-state index contributed by atoms with van der Waals surface area (Å²) in [5.41, 5.74) is 0. The van der Waals surface area contributed by atoms with Crippen molar-refractivity contribution in [3.63, 3.8) is 0 Å². The number of benzene rings is 1. The average molecular weight is 356 g/mol. The highest BCUT2D eigenvalue weighted by molar-refractivity contribution is 9.10. The number of nitrogens with one attached hydrogen (secondary N) is 1. The minimum absolute atomic E-state index is 0.121. The second kappa shape index (κ2) is 6.34. The van der Waals surface area contributed by atoms with Crippen molar-refractivity contribution >= 4 is 37.6 Å². The first-order valence-corrected chi connectivity index (χ1v) is 8.00. The summed E-state index contributed by atoms with van der Waals surface area (Å²) in [6, 6.07) is 4.64. The maximum absolute atomic E-state index is 12.0. The van der Waals surface area contributed by atoms with Gasteiger partial charge in [-0.25, -0.2) is 13.1 Å². The van der Waals surface area contributed by atoms with E-state index in [4.69, 9.17) is 11.6 Å². The fourth-order valence-electron chi connectivity index (χ4n) is 1.14. The van der Waals surface area contributed by atoms with Crippen LogP contribution in [0.4, 0.5) is 0 Å². The number of hydrogen-bond acceptors (Lipinski definition) is 3. The summed E-state index contributed by atoms with van der Waals surface area (Å²) >= 11 is 9.04. The van der Waals surface area contributed by atoms with E-state index in [0.717, 1.165) is 0 Å². The lowest BCUT2D eigenvalue weighted by molar-refractivity contribution is 0.314. The number of nitrogens with zero attached hydrogens (tertiary/aromatic N) is 1. The molecule has 1 N–H and O–H groups in total. The summed E-state index contributed by atoms with van der Waals surface area (Å²) in [7, 11) is 0.308. The van der Waals surface area contributed by atoms with Gasteiger partial charge >= 0.3 is 0 Å². The fourth-order valence-corrected chi connectivity index (χ4v) is 2.94. The first-order chi connectivity index (χ1) is 8.24. The van der Waals surface area contributed by atoms with Crippen LogP contribution in [0, 0.1) is 0 Å². The van der Waals surface area contributed by atoms with Gasteiger partial charge in [-0.05, 0) is 55.1 Å². The minimum atomic E-state index is -3.49. The third kappa shape index (κ3) is 4.20. The zero-order chi connectivity index (χ0) is 13.9. The molecule has 4 nitrogen and oxygen atoms in total. The zero-order valence-electron chi connectivity index (χ0n) is 10.4. The molecule has 0 aliphatic rings. The van der Waals surface area contributed by atoms with Crippen LogP contribution in [0.5, 0.6) is 0 Å². The summed E-state index contributed by atoms with van der Waals surface area (Å²) in [5, 5.41) is 0.482. The molecule has 0 amide bonds. The van der Waals surface area contributed by atoms with Crippen molar-refractivity contribution in [3.8, 4) is 0 Å². The molecule has 0 radical (unpaired) electrons. The standard InChI is InChI=1S/C11H16BrClN2O2S/c1-8(15(2)3)7-14-18(16,17)9-4-5-11(13)10(12)6-9/h4-6,8,14H,7H2,1-3H3. The van der Waals surface area contributed by atoms with Crippen LogP contribution in [0.25, 0.3) is 0 Å². The van der Waals surface area contributed by atoms with Crippen LogP contribution < -0.4 is 4.72 Å². The predicted molar refractivity (Wildman–Crippen MR) is 77.5 cm³/mol. The Kier molecular flexibility index (Phi) is 5.61. The molecule has 102 valence electrons. The van der Waals surface area contributed by atoms with Gasteiger partial charge in [0.25, 0.3) is 0 Å². The Bertz CT molecular complexity index is 520. The molecule has 0 bridgehead atoms. The molecule has 1 aromatic rings. The Morgan fingerprint density at radius 2 is 2.06 bits per heavy atom. The lowest BCUT2D eigenvalue weighted by Gasteiger charge is -2.20. The summed E-state index contributed by atoms with van der Waals surface area (Å²) < 4.78 is 27.2. The van der Waals surface area contributed by atoms with Gasteiger partial charge in [0.05, 0.1) is 9.92 Å². The van der Waals surface area contributed by atoms with E-state index in [9.17, 15) is 8.42 Å². The number of rotatable bonds is 5. The Labute approximate surface area is 121 Å². The van der Waals surface area contributed by atoms with E-state index in [2.05, 4.69) is 20.7 Å². The van der Waals surface area contributed by atoms with E-state index in [-0.39, 0.29) is 10.9 Å². The Morgan fingerprint density at radius 3 is 2.56 bits per heavy atom. The molecule has 0 aromatic heterocycles. The van der Waals surface area contributed by atoms with Gasteiger partial charge in [0.15, 0.2) is 0 Å². The maximum Gasteiger partial charge on any atom is 0.240 e. The van der Waals surface area contributed by atoms with Crippen LogP contribution >= 0.6 is 27.5 Å². The zero-order valence-corrected chi connectivity index (χ0v) is 13.6. The molecular weight excluding hydrogens is 340 g/mol. The van der Waals surface area contributed by atoms with Gasteiger partial charge in [-0.1, -0.05) is 11.6 Å². The van der Waals surface area contributed by atoms with Crippen LogP contribution in [-0.4, -0.2) is 40.0 Å². The van der Waals surface area contributed by atoms with E-state index in [1.165, 1.54) is 12.1 Å². The highest BCUT2D eigenvalue weighted by Crippen LogP contribution is 2.25. The average Bonchev–Trinajstić information content (AvgIpc) is 2.29. The lowest BCUT2D eigenvalue weighted by atomic mass is 10.3. The molecule has 0 saturated carbocycles. The second-order valence-electron chi connectivity index (χ2n) is 4.24. The van der Waals surface area contributed by atoms with Crippen molar-refractivity contribution in [2.75, 3.05) is 20.6 Å². The molecule has 0 spiro atoms. The van der Waals surface area contributed by atoms with Crippen LogP contribution in [0.1, 0.15) is 6.92 Å². The first-order valence-electron chi connectivity index (χ1n) is 5.35. The summed E-state index contributed by atoms with van der Waals surface area (Å²) in [6.07, 6.45) is 0. The molecule has 7 heteroatoms. The molecule has 1 atom stereocenters. The molecule has 0 heterocycles. The molecular formula is C11H16BrClN2O2S. The molecule has 0 fully saturated rings. The number of hydrogen-bond donors (Lipinski definition) is 1. The van der Waals surface area contributed by atoms with Crippen molar-refractivity contribution in [2.45, 2.75) is 17.9 Å². The van der Waals surface area contributed by atoms with E-state index >= 15 is 0 Å². The van der Waals surface area contributed by atoms with Crippen molar-refractivity contribution in [2.24, 2.45) is 0 Å². The monoisotopic (exact) mass is 354 g/mol. The maximum atomic E-state index is 12.0. The largest absolute Gasteiger partial charge is 0.305 e. The highest BCUT2D eigenvalue weighted by Gasteiger charge is 2.16. The van der Waals surface area contributed by atoms with Gasteiger partial charge in [0.1, 0.15) is 0 Å². The summed E-state index contributed by atoms with van der Waals surface area (Å²) in [4.78, 5) is 2.14. The number of likely N-dealkylation sites (N-methyl/N-ethyl adjacent to an activating group) is 1. The summed E-state index contributed by atoms with van der Waals surface area (Å²) in [5.74, 6) is 0. The van der Waals surface area contributed by atoms with Crippen LogP contribution in [-0.2, 0) is 10.0 Å². The van der Waals surface area contributed by atoms with Crippen molar-refractivity contribution in [1.29, 1.82) is 0 Å². The van der Waals surface area contributed by atoms with Gasteiger partial charge in [0.2, 0.25) is 10.0 Å². The fraction of sp³-hybridized carbons (Fsp3) is 0.455. The van der Waals surface area contributed by atoms with Crippen LogP contribution in [0.3, 0.4) is 0 Å². The number of sulfonamides is 1. The molecule has 0 saturated heterocycles. The molecule has 0 aliphatic heterocycles. The van der Waals surface area contributed by atoms with E-state index in [1.807, 2.05) is 25.9 Å². The van der Waals surface area contributed by atoms with Crippen LogP contribution in [0.2, 0.25) is 5.02 Å². The first kappa shape index (κ1) is 15.9. The smallest absolute Gasteiger partial charge is 0.240 e. The highest BCUT2D eigenvalue weighted by atomic mass is 79.9. The van der Waals surface area contributed by atoms with E-state index < -0.39 is 10.0 Å². The van der Waals surface area contributed by atoms with Crippen molar-refractivity contribution < 1.29 is 8.42 Å². The quantitative estimate of drug-likeness (QED) is 0.882. The Hall–Kier alpha value is -0.140. The van der Waals surface area contributed by atoms with E-state index in [1.54, 1.807) is 6.07 Å². The van der Waals surface area contributed by atoms with Crippen molar-refractivity contribution in [3.05, 3.63) is 27.7 Å². The third-order valence-corrected chi connectivity index (χ3v) is 5.29. The SMILES string of the molecule is CC(CNS(=O)(=O)c1ccc(Cl)c(Br)c1)N(C)C. The molecule has 1 aromatic carbocycles. The Morgan fingerprint density at radius 1 is 1.44 bits per heavy atom. The topological polar surface area (TPSA) is 49.4 Å². The van der Waals surface area contributed by atoms with Gasteiger partial charge in [0, 0.05) is 17.1 Å². The molecule has 0 aliphatic carbocycles. The minimum Gasteiger partial charge on any atom is -0.305 e. The Balaban J connectivity index is 2.83. The normalized spacial score (nSPS) is 13.9. The van der Waals surface area contributed by atoms with Crippen molar-refractivity contribution in [1.82, 2.24) is 9.62 Å². The van der Waals surface area contributed by atoms with Gasteiger partial charge in [-0.15, -0.1) is 0 Å². The van der Waals surface area contributed by atoms with Crippen LogP contribution in [0.15, 0.2) is 27.6 Å². The predicted octanol–water partition coefficient (Wildman–Crippen LogP) is 2.33.